The average Bonchev–Trinajstić information content (AvgIpc) is 3.50. The number of rotatable bonds is 5. The van der Waals surface area contributed by atoms with Crippen LogP contribution < -0.4 is 4.90 Å². The lowest BCUT2D eigenvalue weighted by molar-refractivity contribution is -0.138. The number of hydrogen-bond acceptors (Lipinski definition) is 5. The first-order valence-electron chi connectivity index (χ1n) is 13.1. The molecule has 6 rings (SSSR count). The molecule has 0 spiro atoms. The van der Waals surface area contributed by atoms with E-state index in [1.165, 1.54) is 11.0 Å². The quantitative estimate of drug-likeness (QED) is 0.328. The molecule has 0 bridgehead atoms. The van der Waals surface area contributed by atoms with E-state index < -0.39 is 17.6 Å². The molecule has 0 radical (unpaired) electrons. The second-order valence-corrected chi connectivity index (χ2v) is 10.3. The van der Waals surface area contributed by atoms with Gasteiger partial charge in [0.2, 0.25) is 0 Å². The number of nitrogens with zero attached hydrogens (tertiary/aromatic N) is 5. The summed E-state index contributed by atoms with van der Waals surface area (Å²) in [5.41, 5.74) is 2.93. The molecular formula is C30H28F3N5O2. The third-order valence-corrected chi connectivity index (χ3v) is 7.49. The lowest BCUT2D eigenvalue weighted by Crippen LogP contribution is -2.40. The standard InChI is InChI=1S/C30H28F3N5O2/c1-19-15-37(10-11-40-19)16-20-12-25-26(27(13-20)30(31,32)33)17-38(29(25)39)22-7-5-6-21(14-22)23-8-3-4-9-24(23)28-35-34-18-36(28)2/h3-9,12-14,18-19H,10-11,15-17H2,1-2H3/t19-/m1/s1. The van der Waals surface area contributed by atoms with Gasteiger partial charge in [0, 0.05) is 43.5 Å². The van der Waals surface area contributed by atoms with Crippen LogP contribution in [0.2, 0.25) is 0 Å². The van der Waals surface area contributed by atoms with Gasteiger partial charge in [0.15, 0.2) is 5.82 Å². The van der Waals surface area contributed by atoms with E-state index in [9.17, 15) is 18.0 Å². The van der Waals surface area contributed by atoms with Crippen molar-refractivity contribution in [1.29, 1.82) is 0 Å². The predicted octanol–water partition coefficient (Wildman–Crippen LogP) is 5.55. The normalized spacial score (nSPS) is 17.9. The fourth-order valence-corrected chi connectivity index (χ4v) is 5.61. The highest BCUT2D eigenvalue weighted by molar-refractivity contribution is 6.10. The van der Waals surface area contributed by atoms with E-state index in [0.29, 0.717) is 43.3 Å². The molecule has 40 heavy (non-hydrogen) atoms. The number of amides is 1. The van der Waals surface area contributed by atoms with Crippen LogP contribution in [0.25, 0.3) is 22.5 Å². The summed E-state index contributed by atoms with van der Waals surface area (Å²) in [5.74, 6) is 0.249. The minimum absolute atomic E-state index is 0.00783. The largest absolute Gasteiger partial charge is 0.416 e. The number of alkyl halides is 3. The van der Waals surface area contributed by atoms with Gasteiger partial charge in [-0.3, -0.25) is 9.69 Å². The molecule has 0 unspecified atom stereocenters. The van der Waals surface area contributed by atoms with Crippen molar-refractivity contribution in [2.45, 2.75) is 32.3 Å². The predicted molar refractivity (Wildman–Crippen MR) is 145 cm³/mol. The number of hydrogen-bond donors (Lipinski definition) is 0. The minimum Gasteiger partial charge on any atom is -0.376 e. The van der Waals surface area contributed by atoms with Crippen LogP contribution in [0.3, 0.4) is 0 Å². The van der Waals surface area contributed by atoms with Crippen molar-refractivity contribution in [2.24, 2.45) is 7.05 Å². The van der Waals surface area contributed by atoms with Crippen LogP contribution in [0.15, 0.2) is 67.0 Å². The molecule has 1 atom stereocenters. The van der Waals surface area contributed by atoms with E-state index in [-0.39, 0.29) is 23.8 Å². The summed E-state index contributed by atoms with van der Waals surface area (Å²) in [6, 6.07) is 17.8. The first-order chi connectivity index (χ1) is 19.2. The fraction of sp³-hybridized carbons (Fsp3) is 0.300. The molecule has 7 nitrogen and oxygen atoms in total. The lowest BCUT2D eigenvalue weighted by Gasteiger charge is -2.31. The molecule has 0 N–H and O–H groups in total. The topological polar surface area (TPSA) is 63.5 Å². The molecule has 1 fully saturated rings. The summed E-state index contributed by atoms with van der Waals surface area (Å²) in [5, 5.41) is 8.21. The van der Waals surface area contributed by atoms with Crippen molar-refractivity contribution in [3.8, 4) is 22.5 Å². The molecule has 2 aliphatic heterocycles. The minimum atomic E-state index is -4.58. The fourth-order valence-electron chi connectivity index (χ4n) is 5.61. The Balaban J connectivity index is 1.35. The van der Waals surface area contributed by atoms with E-state index in [1.54, 1.807) is 18.5 Å². The molecule has 206 valence electrons. The van der Waals surface area contributed by atoms with Gasteiger partial charge in [-0.15, -0.1) is 10.2 Å². The number of aryl methyl sites for hydroxylation is 1. The highest BCUT2D eigenvalue weighted by Crippen LogP contribution is 2.41. The molecule has 3 aromatic carbocycles. The van der Waals surface area contributed by atoms with Gasteiger partial charge in [0.1, 0.15) is 6.33 Å². The number of carbonyl (C=O) groups excluding carboxylic acids is 1. The van der Waals surface area contributed by atoms with Gasteiger partial charge < -0.3 is 14.2 Å². The van der Waals surface area contributed by atoms with Crippen LogP contribution >= 0.6 is 0 Å². The maximum absolute atomic E-state index is 14.2. The Morgan fingerprint density at radius 2 is 1.82 bits per heavy atom. The Kier molecular flexibility index (Phi) is 6.67. The van der Waals surface area contributed by atoms with Crippen molar-refractivity contribution in [3.63, 3.8) is 0 Å². The summed E-state index contributed by atoms with van der Waals surface area (Å²) in [4.78, 5) is 17.1. The van der Waals surface area contributed by atoms with E-state index in [1.807, 2.05) is 61.0 Å². The van der Waals surface area contributed by atoms with Crippen molar-refractivity contribution in [2.75, 3.05) is 24.6 Å². The Labute approximate surface area is 229 Å². The zero-order valence-corrected chi connectivity index (χ0v) is 22.2. The van der Waals surface area contributed by atoms with Crippen molar-refractivity contribution in [3.05, 3.63) is 89.2 Å². The second kappa shape index (κ2) is 10.2. The van der Waals surface area contributed by atoms with Crippen LogP contribution in [-0.2, 0) is 31.1 Å². The van der Waals surface area contributed by atoms with E-state index in [0.717, 1.165) is 16.7 Å². The molecule has 1 amide bonds. The Morgan fingerprint density at radius 3 is 2.55 bits per heavy atom. The van der Waals surface area contributed by atoms with E-state index in [2.05, 4.69) is 15.1 Å². The second-order valence-electron chi connectivity index (χ2n) is 10.3. The molecule has 1 saturated heterocycles. The number of halogens is 3. The molecule has 0 saturated carbocycles. The first kappa shape index (κ1) is 26.2. The van der Waals surface area contributed by atoms with Crippen LogP contribution in [0.5, 0.6) is 0 Å². The van der Waals surface area contributed by atoms with E-state index in [4.69, 9.17) is 4.74 Å². The van der Waals surface area contributed by atoms with Crippen LogP contribution in [-0.4, -0.2) is 51.4 Å². The monoisotopic (exact) mass is 547 g/mol. The number of benzene rings is 3. The summed E-state index contributed by atoms with van der Waals surface area (Å²) >= 11 is 0. The van der Waals surface area contributed by atoms with Crippen LogP contribution in [0.1, 0.15) is 34.0 Å². The number of ether oxygens (including phenoxy) is 1. The lowest BCUT2D eigenvalue weighted by atomic mass is 9.98. The summed E-state index contributed by atoms with van der Waals surface area (Å²) in [7, 11) is 1.86. The van der Waals surface area contributed by atoms with Gasteiger partial charge in [0.05, 0.1) is 24.8 Å². The van der Waals surface area contributed by atoms with Gasteiger partial charge in [-0.2, -0.15) is 13.2 Å². The molecule has 2 aliphatic rings. The van der Waals surface area contributed by atoms with Crippen molar-refractivity contribution >= 4 is 11.6 Å². The number of carbonyl (C=O) groups is 1. The third kappa shape index (κ3) is 4.89. The van der Waals surface area contributed by atoms with Crippen molar-refractivity contribution in [1.82, 2.24) is 19.7 Å². The zero-order valence-electron chi connectivity index (χ0n) is 22.2. The zero-order chi connectivity index (χ0) is 28.0. The van der Waals surface area contributed by atoms with Gasteiger partial charge in [-0.05, 0) is 53.4 Å². The van der Waals surface area contributed by atoms with Gasteiger partial charge in [-0.25, -0.2) is 0 Å². The molecular weight excluding hydrogens is 519 g/mol. The number of aromatic nitrogens is 3. The number of fused-ring (bicyclic) bond motifs is 1. The maximum atomic E-state index is 14.2. The van der Waals surface area contributed by atoms with Crippen molar-refractivity contribution < 1.29 is 22.7 Å². The van der Waals surface area contributed by atoms with Crippen LogP contribution in [0.4, 0.5) is 18.9 Å². The summed E-state index contributed by atoms with van der Waals surface area (Å²) in [6.45, 7) is 3.91. The Bertz CT molecular complexity index is 1580. The maximum Gasteiger partial charge on any atom is 0.416 e. The molecule has 10 heteroatoms. The van der Waals surface area contributed by atoms with Crippen LogP contribution in [0, 0.1) is 0 Å². The molecule has 4 aromatic rings. The highest BCUT2D eigenvalue weighted by Gasteiger charge is 2.40. The van der Waals surface area contributed by atoms with E-state index >= 15 is 0 Å². The third-order valence-electron chi connectivity index (χ3n) is 7.49. The summed E-state index contributed by atoms with van der Waals surface area (Å²) < 4.78 is 50.1. The summed E-state index contributed by atoms with van der Waals surface area (Å²) in [6.07, 6.45) is -2.95. The number of morpholine rings is 1. The smallest absolute Gasteiger partial charge is 0.376 e. The SMILES string of the molecule is C[C@@H]1CN(Cc2cc3c(c(C(F)(F)F)c2)CN(c2cccc(-c4ccccc4-c4nncn4C)c2)C3=O)CCO1. The number of anilines is 1. The Hall–Kier alpha value is -4.02. The van der Waals surface area contributed by atoms with Gasteiger partial charge in [0.25, 0.3) is 5.91 Å². The van der Waals surface area contributed by atoms with Gasteiger partial charge in [-0.1, -0.05) is 36.4 Å². The van der Waals surface area contributed by atoms with Gasteiger partial charge >= 0.3 is 6.18 Å². The highest BCUT2D eigenvalue weighted by atomic mass is 19.4. The molecule has 0 aliphatic carbocycles. The average molecular weight is 548 g/mol. The Morgan fingerprint density at radius 1 is 1.02 bits per heavy atom. The molecule has 1 aromatic heterocycles. The molecule has 3 heterocycles. The first-order valence-corrected chi connectivity index (χ1v) is 13.1.